The third-order valence-electron chi connectivity index (χ3n) is 2.00. The summed E-state index contributed by atoms with van der Waals surface area (Å²) in [5.74, 6) is -0.506. The van der Waals surface area contributed by atoms with E-state index in [0.29, 0.717) is 18.6 Å². The number of unbranched alkanes of at least 4 members (excludes halogenated alkanes) is 1. The zero-order valence-electron chi connectivity index (χ0n) is 9.60. The first kappa shape index (κ1) is 15.7. The van der Waals surface area contributed by atoms with Gasteiger partial charge in [0.15, 0.2) is 0 Å². The second kappa shape index (κ2) is 7.92. The fraction of sp³-hybridized carbons (Fsp3) is 0.889. The average molecular weight is 269 g/mol. The molecule has 16 heavy (non-hydrogen) atoms. The zero-order chi connectivity index (χ0) is 12.6. The van der Waals surface area contributed by atoms with E-state index in [1.54, 1.807) is 0 Å². The number of hydrogen-bond donors (Lipinski definition) is 2. The summed E-state index contributed by atoms with van der Waals surface area (Å²) < 4.78 is 25.2. The van der Waals surface area contributed by atoms with Crippen molar-refractivity contribution in [3.05, 3.63) is 0 Å². The Labute approximate surface area is 101 Å². The first-order chi connectivity index (χ1) is 7.43. The molecule has 0 aliphatic rings. The van der Waals surface area contributed by atoms with Gasteiger partial charge in [0.05, 0.1) is 5.75 Å². The van der Waals surface area contributed by atoms with Crippen molar-refractivity contribution < 1.29 is 18.3 Å². The fourth-order valence-corrected chi connectivity index (χ4v) is 2.99. The SMILES string of the molecule is CCCCS(=O)(=O)NC(CCSC)C(=O)O. The summed E-state index contributed by atoms with van der Waals surface area (Å²) in [5.41, 5.74) is 0. The molecule has 0 aromatic rings. The van der Waals surface area contributed by atoms with Gasteiger partial charge in [-0.25, -0.2) is 13.1 Å². The number of carboxylic acids is 1. The van der Waals surface area contributed by atoms with Gasteiger partial charge in [-0.05, 0) is 24.9 Å². The van der Waals surface area contributed by atoms with E-state index in [9.17, 15) is 13.2 Å². The van der Waals surface area contributed by atoms with E-state index in [4.69, 9.17) is 5.11 Å². The second-order valence-electron chi connectivity index (χ2n) is 3.46. The highest BCUT2D eigenvalue weighted by atomic mass is 32.2. The first-order valence-corrected chi connectivity index (χ1v) is 8.19. The van der Waals surface area contributed by atoms with E-state index in [1.807, 2.05) is 13.2 Å². The number of sulfonamides is 1. The van der Waals surface area contributed by atoms with E-state index in [1.165, 1.54) is 11.8 Å². The maximum atomic E-state index is 11.5. The molecular formula is C9H19NO4S2. The van der Waals surface area contributed by atoms with E-state index < -0.39 is 22.0 Å². The third kappa shape index (κ3) is 7.08. The molecule has 5 nitrogen and oxygen atoms in total. The highest BCUT2D eigenvalue weighted by Gasteiger charge is 2.22. The van der Waals surface area contributed by atoms with Gasteiger partial charge in [-0.1, -0.05) is 13.3 Å². The fourth-order valence-electron chi connectivity index (χ4n) is 1.08. The molecule has 0 saturated heterocycles. The molecule has 0 aromatic heterocycles. The molecule has 0 aromatic carbocycles. The molecule has 0 spiro atoms. The van der Waals surface area contributed by atoms with E-state index in [2.05, 4.69) is 4.72 Å². The van der Waals surface area contributed by atoms with Gasteiger partial charge in [-0.15, -0.1) is 0 Å². The predicted octanol–water partition coefficient (Wildman–Crippen LogP) is 0.912. The lowest BCUT2D eigenvalue weighted by molar-refractivity contribution is -0.139. The molecule has 0 fully saturated rings. The molecule has 0 amide bonds. The Morgan fingerprint density at radius 3 is 2.56 bits per heavy atom. The van der Waals surface area contributed by atoms with Gasteiger partial charge in [-0.2, -0.15) is 11.8 Å². The van der Waals surface area contributed by atoms with Gasteiger partial charge in [0.2, 0.25) is 10.0 Å². The molecule has 0 aliphatic heterocycles. The van der Waals surface area contributed by atoms with Crippen molar-refractivity contribution in [2.75, 3.05) is 17.8 Å². The standard InChI is InChI=1S/C9H19NO4S2/c1-3-4-7-16(13,14)10-8(9(11)12)5-6-15-2/h8,10H,3-7H2,1-2H3,(H,11,12). The summed E-state index contributed by atoms with van der Waals surface area (Å²) >= 11 is 1.49. The lowest BCUT2D eigenvalue weighted by Crippen LogP contribution is -2.42. The van der Waals surface area contributed by atoms with Crippen LogP contribution >= 0.6 is 11.8 Å². The number of carbonyl (C=O) groups is 1. The number of nitrogens with one attached hydrogen (secondary N) is 1. The van der Waals surface area contributed by atoms with E-state index >= 15 is 0 Å². The number of aliphatic carboxylic acids is 1. The molecule has 2 N–H and O–H groups in total. The summed E-state index contributed by atoms with van der Waals surface area (Å²) in [6.45, 7) is 1.89. The highest BCUT2D eigenvalue weighted by molar-refractivity contribution is 7.98. The Bertz CT molecular complexity index is 303. The molecule has 0 bridgehead atoms. The van der Waals surface area contributed by atoms with Crippen LogP contribution < -0.4 is 4.72 Å². The minimum absolute atomic E-state index is 0.00739. The topological polar surface area (TPSA) is 83.5 Å². The molecule has 1 unspecified atom stereocenters. The number of carboxylic acid groups (broad SMARTS) is 1. The molecular weight excluding hydrogens is 250 g/mol. The maximum absolute atomic E-state index is 11.5. The largest absolute Gasteiger partial charge is 0.480 e. The Hall–Kier alpha value is -0.270. The van der Waals surface area contributed by atoms with E-state index in [0.717, 1.165) is 6.42 Å². The van der Waals surface area contributed by atoms with Crippen molar-refractivity contribution in [1.29, 1.82) is 0 Å². The van der Waals surface area contributed by atoms with Crippen LogP contribution in [0.5, 0.6) is 0 Å². The van der Waals surface area contributed by atoms with Gasteiger partial charge in [0, 0.05) is 0 Å². The molecule has 7 heteroatoms. The minimum Gasteiger partial charge on any atom is -0.480 e. The lowest BCUT2D eigenvalue weighted by Gasteiger charge is -2.13. The van der Waals surface area contributed by atoms with Crippen LogP contribution in [0.3, 0.4) is 0 Å². The first-order valence-electron chi connectivity index (χ1n) is 5.14. The molecule has 1 atom stereocenters. The Balaban J connectivity index is 4.32. The molecule has 0 saturated carbocycles. The quantitative estimate of drug-likeness (QED) is 0.650. The Kier molecular flexibility index (Phi) is 7.78. The normalized spacial score (nSPS) is 13.6. The summed E-state index contributed by atoms with van der Waals surface area (Å²) in [5, 5.41) is 8.85. The predicted molar refractivity (Wildman–Crippen MR) is 66.3 cm³/mol. The summed E-state index contributed by atoms with van der Waals surface area (Å²) in [4.78, 5) is 10.8. The van der Waals surface area contributed by atoms with Crippen molar-refractivity contribution in [3.63, 3.8) is 0 Å². The van der Waals surface area contributed by atoms with Crippen molar-refractivity contribution in [1.82, 2.24) is 4.72 Å². The summed E-state index contributed by atoms with van der Waals surface area (Å²) in [7, 11) is -3.46. The smallest absolute Gasteiger partial charge is 0.321 e. The van der Waals surface area contributed by atoms with Crippen LogP contribution in [0.25, 0.3) is 0 Å². The maximum Gasteiger partial charge on any atom is 0.321 e. The van der Waals surface area contributed by atoms with Gasteiger partial charge in [-0.3, -0.25) is 4.79 Å². The zero-order valence-corrected chi connectivity index (χ0v) is 11.2. The lowest BCUT2D eigenvalue weighted by atomic mass is 10.2. The van der Waals surface area contributed by atoms with Crippen molar-refractivity contribution in [2.45, 2.75) is 32.2 Å². The van der Waals surface area contributed by atoms with Crippen molar-refractivity contribution >= 4 is 27.8 Å². The third-order valence-corrected chi connectivity index (χ3v) is 4.11. The number of thioether (sulfide) groups is 1. The van der Waals surface area contributed by atoms with Crippen molar-refractivity contribution in [3.8, 4) is 0 Å². The van der Waals surface area contributed by atoms with Gasteiger partial charge in [0.1, 0.15) is 6.04 Å². The van der Waals surface area contributed by atoms with Crippen LogP contribution in [0.1, 0.15) is 26.2 Å². The average Bonchev–Trinajstić information content (AvgIpc) is 2.21. The van der Waals surface area contributed by atoms with Crippen LogP contribution in [0.2, 0.25) is 0 Å². The summed E-state index contributed by atoms with van der Waals surface area (Å²) in [6, 6.07) is -1.01. The Morgan fingerprint density at radius 2 is 2.12 bits per heavy atom. The molecule has 0 heterocycles. The molecule has 0 rings (SSSR count). The van der Waals surface area contributed by atoms with Crippen molar-refractivity contribution in [2.24, 2.45) is 0 Å². The monoisotopic (exact) mass is 269 g/mol. The number of hydrogen-bond acceptors (Lipinski definition) is 4. The van der Waals surface area contributed by atoms with Gasteiger partial charge in [0.25, 0.3) is 0 Å². The molecule has 0 radical (unpaired) electrons. The van der Waals surface area contributed by atoms with Crippen LogP contribution in [0, 0.1) is 0 Å². The molecule has 0 aliphatic carbocycles. The van der Waals surface area contributed by atoms with Crippen LogP contribution in [-0.2, 0) is 14.8 Å². The highest BCUT2D eigenvalue weighted by Crippen LogP contribution is 2.03. The molecule has 96 valence electrons. The van der Waals surface area contributed by atoms with Crippen LogP contribution in [0.15, 0.2) is 0 Å². The van der Waals surface area contributed by atoms with Crippen LogP contribution in [-0.4, -0.2) is 43.3 Å². The second-order valence-corrected chi connectivity index (χ2v) is 6.32. The van der Waals surface area contributed by atoms with E-state index in [-0.39, 0.29) is 5.75 Å². The van der Waals surface area contributed by atoms with Gasteiger partial charge < -0.3 is 5.11 Å². The van der Waals surface area contributed by atoms with Gasteiger partial charge >= 0.3 is 5.97 Å². The summed E-state index contributed by atoms with van der Waals surface area (Å²) in [6.07, 6.45) is 3.47. The Morgan fingerprint density at radius 1 is 1.50 bits per heavy atom. The van der Waals surface area contributed by atoms with Crippen LogP contribution in [0.4, 0.5) is 0 Å². The number of rotatable bonds is 9. The minimum atomic E-state index is -3.46.